The second-order valence-electron chi connectivity index (χ2n) is 5.15. The van der Waals surface area contributed by atoms with Gasteiger partial charge in [-0.3, -0.25) is 9.59 Å². The van der Waals surface area contributed by atoms with E-state index in [0.717, 1.165) is 5.56 Å². The zero-order valence-corrected chi connectivity index (χ0v) is 12.0. The molecule has 0 bridgehead atoms. The van der Waals surface area contributed by atoms with Crippen LogP contribution in [-0.4, -0.2) is 47.7 Å². The van der Waals surface area contributed by atoms with Crippen molar-refractivity contribution in [2.24, 2.45) is 5.92 Å². The van der Waals surface area contributed by atoms with E-state index >= 15 is 0 Å². The molecule has 6 heteroatoms. The molecule has 1 heterocycles. The number of carboxylic acid groups (broad SMARTS) is 1. The highest BCUT2D eigenvalue weighted by Crippen LogP contribution is 2.21. The zero-order valence-electron chi connectivity index (χ0n) is 12.0. The standard InChI is InChI=1S/C15H20N2O4/c1-2-17(13-9-21-8-12(13)15(19)20)14(18)7-10-3-5-11(16)6-4-10/h3-6,12-13H,2,7-9,16H2,1H3,(H,19,20). The number of benzene rings is 1. The molecule has 0 aromatic heterocycles. The summed E-state index contributed by atoms with van der Waals surface area (Å²) in [6.45, 7) is 2.74. The summed E-state index contributed by atoms with van der Waals surface area (Å²) >= 11 is 0. The van der Waals surface area contributed by atoms with Crippen LogP contribution in [0.2, 0.25) is 0 Å². The molecule has 1 fully saturated rings. The fraction of sp³-hybridized carbons (Fsp3) is 0.467. The predicted molar refractivity (Wildman–Crippen MR) is 77.7 cm³/mol. The van der Waals surface area contributed by atoms with Gasteiger partial charge in [0, 0.05) is 12.2 Å². The van der Waals surface area contributed by atoms with Crippen molar-refractivity contribution in [2.45, 2.75) is 19.4 Å². The maximum absolute atomic E-state index is 12.4. The number of hydrogen-bond acceptors (Lipinski definition) is 4. The molecule has 0 spiro atoms. The monoisotopic (exact) mass is 292 g/mol. The van der Waals surface area contributed by atoms with Crippen molar-refractivity contribution in [3.63, 3.8) is 0 Å². The number of carbonyl (C=O) groups excluding carboxylic acids is 1. The van der Waals surface area contributed by atoms with E-state index in [4.69, 9.17) is 10.5 Å². The van der Waals surface area contributed by atoms with Gasteiger partial charge in [-0.2, -0.15) is 0 Å². The zero-order chi connectivity index (χ0) is 15.4. The van der Waals surface area contributed by atoms with Gasteiger partial charge in [0.1, 0.15) is 5.92 Å². The lowest BCUT2D eigenvalue weighted by molar-refractivity contribution is -0.144. The van der Waals surface area contributed by atoms with Gasteiger partial charge in [-0.05, 0) is 24.6 Å². The van der Waals surface area contributed by atoms with Crippen molar-refractivity contribution in [1.29, 1.82) is 0 Å². The summed E-state index contributed by atoms with van der Waals surface area (Å²) in [7, 11) is 0. The number of anilines is 1. The van der Waals surface area contributed by atoms with E-state index in [9.17, 15) is 14.7 Å². The molecule has 0 aliphatic carbocycles. The molecule has 1 aromatic rings. The summed E-state index contributed by atoms with van der Waals surface area (Å²) in [5.41, 5.74) is 7.12. The largest absolute Gasteiger partial charge is 0.481 e. The van der Waals surface area contributed by atoms with Crippen molar-refractivity contribution < 1.29 is 19.4 Å². The van der Waals surface area contributed by atoms with Crippen molar-refractivity contribution in [1.82, 2.24) is 4.90 Å². The van der Waals surface area contributed by atoms with Crippen molar-refractivity contribution in [3.05, 3.63) is 29.8 Å². The first-order valence-electron chi connectivity index (χ1n) is 6.97. The topological polar surface area (TPSA) is 92.9 Å². The molecular weight excluding hydrogens is 272 g/mol. The summed E-state index contributed by atoms with van der Waals surface area (Å²) in [5, 5.41) is 9.20. The number of nitrogens with two attached hydrogens (primary N) is 1. The first-order valence-corrected chi connectivity index (χ1v) is 6.97. The van der Waals surface area contributed by atoms with Crippen LogP contribution in [0.4, 0.5) is 5.69 Å². The minimum absolute atomic E-state index is 0.0935. The van der Waals surface area contributed by atoms with Gasteiger partial charge in [0.25, 0.3) is 0 Å². The molecule has 2 unspecified atom stereocenters. The molecule has 1 saturated heterocycles. The molecule has 2 rings (SSSR count). The first kappa shape index (κ1) is 15.3. The Bertz CT molecular complexity index is 515. The Hall–Kier alpha value is -2.08. The summed E-state index contributed by atoms with van der Waals surface area (Å²) < 4.78 is 5.24. The van der Waals surface area contributed by atoms with Gasteiger partial charge < -0.3 is 20.5 Å². The van der Waals surface area contributed by atoms with Crippen molar-refractivity contribution >= 4 is 17.6 Å². The Labute approximate surface area is 123 Å². The third-order valence-electron chi connectivity index (χ3n) is 3.76. The summed E-state index contributed by atoms with van der Waals surface area (Å²) in [6.07, 6.45) is 0.233. The van der Waals surface area contributed by atoms with Gasteiger partial charge >= 0.3 is 5.97 Å². The van der Waals surface area contributed by atoms with Crippen LogP contribution in [0.15, 0.2) is 24.3 Å². The highest BCUT2D eigenvalue weighted by atomic mass is 16.5. The number of likely N-dealkylation sites (N-methyl/N-ethyl adjacent to an activating group) is 1. The number of hydrogen-bond donors (Lipinski definition) is 2. The predicted octanol–water partition coefficient (Wildman–Crippen LogP) is 0.759. The minimum Gasteiger partial charge on any atom is -0.481 e. The van der Waals surface area contributed by atoms with Crippen LogP contribution in [0.5, 0.6) is 0 Å². The van der Waals surface area contributed by atoms with Crippen LogP contribution in [0.25, 0.3) is 0 Å². The quantitative estimate of drug-likeness (QED) is 0.782. The minimum atomic E-state index is -0.920. The Balaban J connectivity index is 2.07. The van der Waals surface area contributed by atoms with E-state index in [0.29, 0.717) is 12.2 Å². The molecule has 1 amide bonds. The lowest BCUT2D eigenvalue weighted by Gasteiger charge is -2.29. The molecular formula is C15H20N2O4. The van der Waals surface area contributed by atoms with Crippen LogP contribution >= 0.6 is 0 Å². The number of amides is 1. The molecule has 1 aromatic carbocycles. The average Bonchev–Trinajstić information content (AvgIpc) is 2.91. The van der Waals surface area contributed by atoms with Gasteiger partial charge in [-0.1, -0.05) is 12.1 Å². The lowest BCUT2D eigenvalue weighted by Crippen LogP contribution is -2.47. The van der Waals surface area contributed by atoms with Crippen LogP contribution in [-0.2, 0) is 20.7 Å². The average molecular weight is 292 g/mol. The second kappa shape index (κ2) is 6.58. The molecule has 2 atom stereocenters. The maximum atomic E-state index is 12.4. The summed E-state index contributed by atoms with van der Waals surface area (Å²) in [5.74, 6) is -1.67. The molecule has 114 valence electrons. The molecule has 0 radical (unpaired) electrons. The first-order chi connectivity index (χ1) is 10.0. The van der Waals surface area contributed by atoms with Gasteiger partial charge in [-0.15, -0.1) is 0 Å². The number of rotatable bonds is 5. The van der Waals surface area contributed by atoms with Gasteiger partial charge in [0.15, 0.2) is 0 Å². The Morgan fingerprint density at radius 3 is 2.57 bits per heavy atom. The third kappa shape index (κ3) is 3.52. The maximum Gasteiger partial charge on any atom is 0.311 e. The molecule has 3 N–H and O–H groups in total. The summed E-state index contributed by atoms with van der Waals surface area (Å²) in [4.78, 5) is 25.2. The van der Waals surface area contributed by atoms with E-state index in [1.807, 2.05) is 6.92 Å². The normalized spacial score (nSPS) is 21.2. The Morgan fingerprint density at radius 1 is 1.33 bits per heavy atom. The van der Waals surface area contributed by atoms with Crippen LogP contribution in [0, 0.1) is 5.92 Å². The highest BCUT2D eigenvalue weighted by molar-refractivity contribution is 5.80. The molecule has 6 nitrogen and oxygen atoms in total. The number of ether oxygens (including phenoxy) is 1. The summed E-state index contributed by atoms with van der Waals surface area (Å²) in [6, 6.07) is 6.71. The fourth-order valence-electron chi connectivity index (χ4n) is 2.59. The molecule has 1 aliphatic rings. The van der Waals surface area contributed by atoms with Gasteiger partial charge in [0.2, 0.25) is 5.91 Å². The number of nitrogen functional groups attached to an aromatic ring is 1. The third-order valence-corrected chi connectivity index (χ3v) is 3.76. The van der Waals surface area contributed by atoms with Gasteiger partial charge in [0.05, 0.1) is 25.7 Å². The fourth-order valence-corrected chi connectivity index (χ4v) is 2.59. The number of aliphatic carboxylic acids is 1. The smallest absolute Gasteiger partial charge is 0.311 e. The van der Waals surface area contributed by atoms with Crippen molar-refractivity contribution in [3.8, 4) is 0 Å². The molecule has 1 aliphatic heterocycles. The Morgan fingerprint density at radius 2 is 2.00 bits per heavy atom. The van der Waals surface area contributed by atoms with E-state index < -0.39 is 17.9 Å². The number of carbonyl (C=O) groups is 2. The Kier molecular flexibility index (Phi) is 4.80. The number of nitrogens with zero attached hydrogens (tertiary/aromatic N) is 1. The lowest BCUT2D eigenvalue weighted by atomic mass is 10.0. The second-order valence-corrected chi connectivity index (χ2v) is 5.15. The van der Waals surface area contributed by atoms with Crippen molar-refractivity contribution in [2.75, 3.05) is 25.5 Å². The van der Waals surface area contributed by atoms with Crippen LogP contribution in [0.1, 0.15) is 12.5 Å². The van der Waals surface area contributed by atoms with E-state index in [-0.39, 0.29) is 25.5 Å². The van der Waals surface area contributed by atoms with Crippen LogP contribution < -0.4 is 5.73 Å². The molecule has 0 saturated carbocycles. The number of carboxylic acids is 1. The van der Waals surface area contributed by atoms with Crippen LogP contribution in [0.3, 0.4) is 0 Å². The molecule has 21 heavy (non-hydrogen) atoms. The van der Waals surface area contributed by atoms with Gasteiger partial charge in [-0.25, -0.2) is 0 Å². The van der Waals surface area contributed by atoms with E-state index in [1.54, 1.807) is 29.2 Å². The highest BCUT2D eigenvalue weighted by Gasteiger charge is 2.39. The van der Waals surface area contributed by atoms with E-state index in [1.165, 1.54) is 0 Å². The SMILES string of the molecule is CCN(C(=O)Cc1ccc(N)cc1)C1COCC1C(=O)O. The van der Waals surface area contributed by atoms with E-state index in [2.05, 4.69) is 0 Å².